The molecule has 2 N–H and O–H groups in total. The molecular formula is C25H31ClN4O3. The Morgan fingerprint density at radius 1 is 1.27 bits per heavy atom. The molecule has 1 aromatic carbocycles. The van der Waals surface area contributed by atoms with E-state index in [0.29, 0.717) is 34.3 Å². The number of piperidine rings is 1. The maximum Gasteiger partial charge on any atom is 0.337 e. The predicted octanol–water partition coefficient (Wildman–Crippen LogP) is 4.76. The molecule has 2 aliphatic rings. The van der Waals surface area contributed by atoms with Crippen molar-refractivity contribution in [1.29, 1.82) is 0 Å². The zero-order valence-corrected chi connectivity index (χ0v) is 20.3. The summed E-state index contributed by atoms with van der Waals surface area (Å²) in [5, 5.41) is 13.3. The number of carboxylic acids is 1. The topological polar surface area (TPSA) is 87.5 Å². The third-order valence-electron chi connectivity index (χ3n) is 6.68. The lowest BCUT2D eigenvalue weighted by Crippen LogP contribution is -2.40. The predicted molar refractivity (Wildman–Crippen MR) is 132 cm³/mol. The molecule has 1 fully saturated rings. The van der Waals surface area contributed by atoms with Gasteiger partial charge in [-0.3, -0.25) is 9.36 Å². The van der Waals surface area contributed by atoms with Gasteiger partial charge in [0.05, 0.1) is 11.6 Å². The zero-order valence-electron chi connectivity index (χ0n) is 19.6. The lowest BCUT2D eigenvalue weighted by atomic mass is 9.83. The lowest BCUT2D eigenvalue weighted by Gasteiger charge is -2.38. The molecule has 2 aliphatic heterocycles. The van der Waals surface area contributed by atoms with Crippen molar-refractivity contribution in [3.8, 4) is 0 Å². The zero-order chi connectivity index (χ0) is 23.9. The third kappa shape index (κ3) is 4.93. The number of rotatable bonds is 5. The Morgan fingerprint density at radius 2 is 1.97 bits per heavy atom. The fourth-order valence-corrected chi connectivity index (χ4v) is 4.76. The monoisotopic (exact) mass is 470 g/mol. The van der Waals surface area contributed by atoms with Crippen LogP contribution in [0, 0.1) is 11.3 Å². The van der Waals surface area contributed by atoms with Crippen molar-refractivity contribution in [2.24, 2.45) is 11.3 Å². The minimum absolute atomic E-state index is 0.0535. The van der Waals surface area contributed by atoms with Crippen molar-refractivity contribution in [1.82, 2.24) is 9.55 Å². The van der Waals surface area contributed by atoms with Gasteiger partial charge in [0, 0.05) is 42.0 Å². The third-order valence-corrected chi connectivity index (χ3v) is 6.91. The van der Waals surface area contributed by atoms with E-state index in [1.54, 1.807) is 22.8 Å². The van der Waals surface area contributed by atoms with E-state index in [1.807, 2.05) is 6.92 Å². The van der Waals surface area contributed by atoms with Crippen LogP contribution < -0.4 is 15.8 Å². The second kappa shape index (κ2) is 8.86. The molecule has 0 saturated carbocycles. The highest BCUT2D eigenvalue weighted by Gasteiger charge is 2.29. The number of nitrogens with zero attached hydrogens (tertiary/aromatic N) is 3. The first-order chi connectivity index (χ1) is 15.5. The van der Waals surface area contributed by atoms with Gasteiger partial charge >= 0.3 is 5.97 Å². The average Bonchev–Trinajstić information content (AvgIpc) is 2.74. The maximum atomic E-state index is 13.1. The molecule has 7 nitrogen and oxygen atoms in total. The van der Waals surface area contributed by atoms with E-state index in [-0.39, 0.29) is 23.1 Å². The van der Waals surface area contributed by atoms with Gasteiger partial charge in [-0.25, -0.2) is 9.78 Å². The summed E-state index contributed by atoms with van der Waals surface area (Å²) in [6, 6.07) is 6.15. The first-order valence-electron chi connectivity index (χ1n) is 11.4. The summed E-state index contributed by atoms with van der Waals surface area (Å²) >= 11 is 6.00. The number of halogens is 1. The Bertz CT molecular complexity index is 1160. The van der Waals surface area contributed by atoms with Gasteiger partial charge in [0.1, 0.15) is 11.6 Å². The van der Waals surface area contributed by atoms with Crippen LogP contribution in [0.4, 0.5) is 11.5 Å². The average molecular weight is 471 g/mol. The fourth-order valence-electron chi connectivity index (χ4n) is 4.58. The Morgan fingerprint density at radius 3 is 2.64 bits per heavy atom. The summed E-state index contributed by atoms with van der Waals surface area (Å²) in [4.78, 5) is 31.9. The van der Waals surface area contributed by atoms with Crippen molar-refractivity contribution in [3.63, 3.8) is 0 Å². The van der Waals surface area contributed by atoms with Crippen LogP contribution in [0.5, 0.6) is 0 Å². The van der Waals surface area contributed by atoms with Crippen LogP contribution in [0.15, 0.2) is 35.1 Å². The molecule has 0 spiro atoms. The summed E-state index contributed by atoms with van der Waals surface area (Å²) < 4.78 is 1.73. The quantitative estimate of drug-likeness (QED) is 0.655. The smallest absolute Gasteiger partial charge is 0.337 e. The number of nitrogens with one attached hydrogen (secondary N) is 1. The molecule has 4 rings (SSSR count). The van der Waals surface area contributed by atoms with Crippen LogP contribution in [0.1, 0.15) is 56.7 Å². The standard InChI is InChI=1S/C25H31ClN4O3/c1-15-11-18(16(2)27-20-6-5-17(26)12-19(20)24(32)33)23-28-21(13-22(31)30(23)14-15)29-9-7-25(3,4)8-10-29/h5-6,11-13,15-16,27H,7-10,14H2,1-4H3,(H,32,33)/t15?,16-/m1/s1. The summed E-state index contributed by atoms with van der Waals surface area (Å²) in [5.74, 6) is 0.462. The minimum atomic E-state index is -1.05. The number of aromatic carboxylic acids is 1. The molecular weight excluding hydrogens is 440 g/mol. The Hall–Kier alpha value is -2.80. The summed E-state index contributed by atoms with van der Waals surface area (Å²) in [7, 11) is 0. The number of benzene rings is 1. The van der Waals surface area contributed by atoms with Crippen molar-refractivity contribution in [2.45, 2.75) is 53.1 Å². The van der Waals surface area contributed by atoms with Crippen molar-refractivity contribution < 1.29 is 9.90 Å². The number of carboxylic acid groups (broad SMARTS) is 1. The number of hydrogen-bond donors (Lipinski definition) is 2. The van der Waals surface area contributed by atoms with E-state index >= 15 is 0 Å². The van der Waals surface area contributed by atoms with Gasteiger partial charge in [-0.05, 0) is 49.3 Å². The second-order valence-corrected chi connectivity index (χ2v) is 10.4. The molecule has 2 atom stereocenters. The van der Waals surface area contributed by atoms with Gasteiger partial charge < -0.3 is 15.3 Å². The molecule has 33 heavy (non-hydrogen) atoms. The number of hydrogen-bond acceptors (Lipinski definition) is 5. The number of carbonyl (C=O) groups is 1. The van der Waals surface area contributed by atoms with Crippen molar-refractivity contribution >= 4 is 34.6 Å². The van der Waals surface area contributed by atoms with Gasteiger partial charge in [-0.2, -0.15) is 0 Å². The molecule has 2 aromatic rings. The van der Waals surface area contributed by atoms with Crippen molar-refractivity contribution in [3.05, 3.63) is 57.1 Å². The molecule has 0 bridgehead atoms. The Balaban J connectivity index is 1.68. The van der Waals surface area contributed by atoms with Crippen LogP contribution >= 0.6 is 11.6 Å². The normalized spacial score (nSPS) is 20.6. The van der Waals surface area contributed by atoms with E-state index in [1.165, 1.54) is 6.07 Å². The number of aromatic nitrogens is 2. The van der Waals surface area contributed by atoms with Gasteiger partial charge in [0.2, 0.25) is 0 Å². The number of allylic oxidation sites excluding steroid dienone is 1. The van der Waals surface area contributed by atoms with Crippen LogP contribution in [0.2, 0.25) is 5.02 Å². The summed E-state index contributed by atoms with van der Waals surface area (Å²) in [6.07, 6.45) is 4.23. The van der Waals surface area contributed by atoms with E-state index < -0.39 is 5.97 Å². The summed E-state index contributed by atoms with van der Waals surface area (Å²) in [6.45, 7) is 10.9. The highest BCUT2D eigenvalue weighted by atomic mass is 35.5. The molecule has 0 aliphatic carbocycles. The van der Waals surface area contributed by atoms with E-state index in [0.717, 1.165) is 31.5 Å². The van der Waals surface area contributed by atoms with E-state index in [9.17, 15) is 14.7 Å². The molecule has 176 valence electrons. The number of fused-ring (bicyclic) bond motifs is 1. The van der Waals surface area contributed by atoms with Crippen LogP contribution in [-0.2, 0) is 6.54 Å². The van der Waals surface area contributed by atoms with Crippen LogP contribution in [0.25, 0.3) is 5.57 Å². The van der Waals surface area contributed by atoms with Gasteiger partial charge in [-0.15, -0.1) is 0 Å². The summed E-state index contributed by atoms with van der Waals surface area (Å²) in [5.41, 5.74) is 1.72. The molecule has 0 amide bonds. The fraction of sp³-hybridized carbons (Fsp3) is 0.480. The highest BCUT2D eigenvalue weighted by molar-refractivity contribution is 6.31. The number of anilines is 2. The van der Waals surface area contributed by atoms with E-state index in [2.05, 4.69) is 37.1 Å². The van der Waals surface area contributed by atoms with Crippen LogP contribution in [0.3, 0.4) is 0 Å². The molecule has 8 heteroatoms. The molecule has 0 radical (unpaired) electrons. The lowest BCUT2D eigenvalue weighted by molar-refractivity contribution is 0.0698. The first kappa shape index (κ1) is 23.4. The largest absolute Gasteiger partial charge is 0.478 e. The molecule has 1 saturated heterocycles. The molecule has 1 aromatic heterocycles. The second-order valence-electron chi connectivity index (χ2n) is 10.00. The Labute approximate surface area is 199 Å². The molecule has 1 unspecified atom stereocenters. The van der Waals surface area contributed by atoms with Crippen molar-refractivity contribution in [2.75, 3.05) is 23.3 Å². The van der Waals surface area contributed by atoms with Gasteiger partial charge in [0.25, 0.3) is 5.56 Å². The molecule has 3 heterocycles. The first-order valence-corrected chi connectivity index (χ1v) is 11.8. The highest BCUT2D eigenvalue weighted by Crippen LogP contribution is 2.33. The van der Waals surface area contributed by atoms with Gasteiger partial charge in [0.15, 0.2) is 0 Å². The van der Waals surface area contributed by atoms with Crippen LogP contribution in [-0.4, -0.2) is 39.8 Å². The van der Waals surface area contributed by atoms with Gasteiger partial charge in [-0.1, -0.05) is 38.4 Å². The minimum Gasteiger partial charge on any atom is -0.478 e. The van der Waals surface area contributed by atoms with E-state index in [4.69, 9.17) is 16.6 Å². The Kier molecular flexibility index (Phi) is 6.27. The SMILES string of the molecule is CC1C=C([C@@H](C)Nc2ccc(Cl)cc2C(=O)O)c2nc(N3CCC(C)(C)CC3)cc(=O)n2C1. The maximum absolute atomic E-state index is 13.1.